The van der Waals surface area contributed by atoms with Gasteiger partial charge in [0.2, 0.25) is 17.7 Å². The number of nitrogens with two attached hydrogens (primary N) is 1. The lowest BCUT2D eigenvalue weighted by Crippen LogP contribution is -2.56. The smallest absolute Gasteiger partial charge is 0.246 e. The number of benzene rings is 4. The van der Waals surface area contributed by atoms with Gasteiger partial charge in [-0.25, -0.2) is 0 Å². The van der Waals surface area contributed by atoms with Crippen LogP contribution in [0.5, 0.6) is 0 Å². The lowest BCUT2D eigenvalue weighted by molar-refractivity contribution is -0.146. The van der Waals surface area contributed by atoms with Gasteiger partial charge in [0.25, 0.3) is 0 Å². The second-order valence-corrected chi connectivity index (χ2v) is 12.9. The maximum absolute atomic E-state index is 14.5. The molecule has 1 fully saturated rings. The standard InChI is InChI=1S/C40H46N4O3/c1-43(37(45)19-11-23-40(41)24-12-25-40)36(29-32-20-21-33-17-9-10-18-34(33)27-32)39(47)44(2)35(28-31-15-7-4-8-16-31)38(46)42-26-22-30-13-5-3-6-14-30/h3-11,13-21,27,35-36H,12,22-26,28-29,41H2,1-2H3,(H,42,46)/b19-11+/t35?,36-/m1/s1. The number of nitrogens with one attached hydrogen (secondary N) is 1. The van der Waals surface area contributed by atoms with E-state index in [0.717, 1.165) is 46.7 Å². The molecule has 3 N–H and O–H groups in total. The minimum Gasteiger partial charge on any atom is -0.354 e. The molecule has 2 atom stereocenters. The van der Waals surface area contributed by atoms with E-state index in [-0.39, 0.29) is 23.3 Å². The van der Waals surface area contributed by atoms with E-state index in [9.17, 15) is 14.4 Å². The molecule has 4 aromatic rings. The predicted molar refractivity (Wildman–Crippen MR) is 189 cm³/mol. The van der Waals surface area contributed by atoms with Crippen LogP contribution >= 0.6 is 0 Å². The van der Waals surface area contributed by atoms with Crippen LogP contribution in [0.25, 0.3) is 10.8 Å². The van der Waals surface area contributed by atoms with Crippen LogP contribution < -0.4 is 11.1 Å². The van der Waals surface area contributed by atoms with Crippen LogP contribution in [0.2, 0.25) is 0 Å². The molecule has 0 aliphatic heterocycles. The Bertz CT molecular complexity index is 1680. The van der Waals surface area contributed by atoms with Crippen LogP contribution in [0, 0.1) is 0 Å². The number of rotatable bonds is 14. The van der Waals surface area contributed by atoms with Crippen LogP contribution in [0.3, 0.4) is 0 Å². The van der Waals surface area contributed by atoms with Crippen molar-refractivity contribution < 1.29 is 14.4 Å². The Kier molecular flexibility index (Phi) is 11.2. The number of hydrogen-bond donors (Lipinski definition) is 2. The third-order valence-electron chi connectivity index (χ3n) is 9.42. The van der Waals surface area contributed by atoms with E-state index in [1.807, 2.05) is 103 Å². The molecular weight excluding hydrogens is 584 g/mol. The van der Waals surface area contributed by atoms with Crippen molar-refractivity contribution in [2.24, 2.45) is 5.73 Å². The number of carbonyl (C=O) groups excluding carboxylic acids is 3. The number of carbonyl (C=O) groups is 3. The van der Waals surface area contributed by atoms with E-state index in [4.69, 9.17) is 5.73 Å². The number of amides is 3. The molecular formula is C40H46N4O3. The average Bonchev–Trinajstić information content (AvgIpc) is 3.08. The molecule has 1 aliphatic carbocycles. The summed E-state index contributed by atoms with van der Waals surface area (Å²) in [7, 11) is 3.33. The largest absolute Gasteiger partial charge is 0.354 e. The Balaban J connectivity index is 1.38. The Morgan fingerprint density at radius 2 is 1.38 bits per heavy atom. The first-order chi connectivity index (χ1) is 22.7. The van der Waals surface area contributed by atoms with Crippen molar-refractivity contribution in [1.82, 2.24) is 15.1 Å². The molecule has 1 aliphatic rings. The Morgan fingerprint density at radius 1 is 0.766 bits per heavy atom. The molecule has 0 aromatic heterocycles. The van der Waals surface area contributed by atoms with Gasteiger partial charge < -0.3 is 20.9 Å². The first kappa shape index (κ1) is 33.6. The number of fused-ring (bicyclic) bond motifs is 1. The van der Waals surface area contributed by atoms with Gasteiger partial charge in [-0.05, 0) is 65.6 Å². The summed E-state index contributed by atoms with van der Waals surface area (Å²) < 4.78 is 0. The van der Waals surface area contributed by atoms with Gasteiger partial charge in [0.1, 0.15) is 12.1 Å². The Hall–Kier alpha value is -4.75. The first-order valence-electron chi connectivity index (χ1n) is 16.5. The molecule has 1 saturated carbocycles. The van der Waals surface area contributed by atoms with Crippen molar-refractivity contribution >= 4 is 28.5 Å². The van der Waals surface area contributed by atoms with Crippen molar-refractivity contribution in [3.05, 3.63) is 132 Å². The zero-order chi connectivity index (χ0) is 33.2. The minimum absolute atomic E-state index is 0.229. The van der Waals surface area contributed by atoms with Gasteiger partial charge in [0, 0.05) is 39.0 Å². The maximum Gasteiger partial charge on any atom is 0.246 e. The van der Waals surface area contributed by atoms with Gasteiger partial charge in [-0.2, -0.15) is 0 Å². The summed E-state index contributed by atoms with van der Waals surface area (Å²) in [6.07, 6.45) is 8.33. The quantitative estimate of drug-likeness (QED) is 0.181. The molecule has 5 rings (SSSR count). The van der Waals surface area contributed by atoms with Crippen LogP contribution in [0.15, 0.2) is 115 Å². The van der Waals surface area contributed by atoms with E-state index in [1.165, 1.54) is 15.9 Å². The maximum atomic E-state index is 14.5. The highest BCUT2D eigenvalue weighted by molar-refractivity contribution is 5.95. The Labute approximate surface area is 278 Å². The highest BCUT2D eigenvalue weighted by Gasteiger charge is 2.35. The van der Waals surface area contributed by atoms with E-state index in [1.54, 1.807) is 14.1 Å². The summed E-state index contributed by atoms with van der Waals surface area (Å²) in [4.78, 5) is 44.8. The molecule has 3 amide bonds. The van der Waals surface area contributed by atoms with Crippen molar-refractivity contribution in [2.75, 3.05) is 20.6 Å². The molecule has 47 heavy (non-hydrogen) atoms. The molecule has 7 nitrogen and oxygen atoms in total. The van der Waals surface area contributed by atoms with E-state index in [0.29, 0.717) is 32.2 Å². The van der Waals surface area contributed by atoms with Crippen molar-refractivity contribution in [1.29, 1.82) is 0 Å². The topological polar surface area (TPSA) is 95.7 Å². The van der Waals surface area contributed by atoms with E-state index in [2.05, 4.69) is 11.4 Å². The average molecular weight is 631 g/mol. The lowest BCUT2D eigenvalue weighted by Gasteiger charge is -2.37. The molecule has 0 saturated heterocycles. The van der Waals surface area contributed by atoms with Gasteiger partial charge in [-0.3, -0.25) is 14.4 Å². The van der Waals surface area contributed by atoms with Crippen LogP contribution in [-0.2, 0) is 33.6 Å². The van der Waals surface area contributed by atoms with Gasteiger partial charge in [0.15, 0.2) is 0 Å². The summed E-state index contributed by atoms with van der Waals surface area (Å²) in [6.45, 7) is 0.447. The lowest BCUT2D eigenvalue weighted by atomic mass is 9.75. The summed E-state index contributed by atoms with van der Waals surface area (Å²) in [5, 5.41) is 5.23. The number of hydrogen-bond acceptors (Lipinski definition) is 4. The van der Waals surface area contributed by atoms with E-state index < -0.39 is 12.1 Å². The fourth-order valence-corrected chi connectivity index (χ4v) is 6.20. The molecule has 7 heteroatoms. The van der Waals surface area contributed by atoms with E-state index >= 15 is 0 Å². The minimum atomic E-state index is -0.829. The fraction of sp³-hybridized carbons (Fsp3) is 0.325. The highest BCUT2D eigenvalue weighted by atomic mass is 16.2. The van der Waals surface area contributed by atoms with Crippen LogP contribution in [0.4, 0.5) is 0 Å². The summed E-state index contributed by atoms with van der Waals surface area (Å²) in [5.41, 5.74) is 9.14. The second-order valence-electron chi connectivity index (χ2n) is 12.9. The molecule has 1 unspecified atom stereocenters. The number of likely N-dealkylation sites (N-methyl/N-ethyl adjacent to an activating group) is 2. The van der Waals surface area contributed by atoms with Gasteiger partial charge in [-0.15, -0.1) is 0 Å². The monoisotopic (exact) mass is 630 g/mol. The van der Waals surface area contributed by atoms with Crippen molar-refractivity contribution in [2.45, 2.75) is 62.6 Å². The van der Waals surface area contributed by atoms with Crippen molar-refractivity contribution in [3.63, 3.8) is 0 Å². The fourth-order valence-electron chi connectivity index (χ4n) is 6.20. The SMILES string of the molecule is CN(C(=O)[C@@H](Cc1ccc2ccccc2c1)N(C)C(=O)/C=C/CC1(N)CCC1)C(Cc1ccccc1)C(=O)NCCc1ccccc1. The summed E-state index contributed by atoms with van der Waals surface area (Å²) in [5.74, 6) is -0.795. The normalized spacial score (nSPS) is 15.0. The number of nitrogens with zero attached hydrogens (tertiary/aromatic N) is 2. The molecule has 244 valence electrons. The third-order valence-corrected chi connectivity index (χ3v) is 9.42. The molecule has 4 aromatic carbocycles. The highest BCUT2D eigenvalue weighted by Crippen LogP contribution is 2.32. The zero-order valence-corrected chi connectivity index (χ0v) is 27.5. The molecule has 0 bridgehead atoms. The zero-order valence-electron chi connectivity index (χ0n) is 27.5. The summed E-state index contributed by atoms with van der Waals surface area (Å²) >= 11 is 0. The molecule has 0 radical (unpaired) electrons. The van der Waals surface area contributed by atoms with Gasteiger partial charge in [-0.1, -0.05) is 109 Å². The summed E-state index contributed by atoms with van der Waals surface area (Å²) in [6, 6.07) is 32.3. The first-order valence-corrected chi connectivity index (χ1v) is 16.5. The molecule has 0 heterocycles. The third kappa shape index (κ3) is 8.95. The second kappa shape index (κ2) is 15.7. The Morgan fingerprint density at radius 3 is 2.04 bits per heavy atom. The molecule has 0 spiro atoms. The van der Waals surface area contributed by atoms with Crippen molar-refractivity contribution in [3.8, 4) is 0 Å². The predicted octanol–water partition coefficient (Wildman–Crippen LogP) is 5.47. The van der Waals surface area contributed by atoms with Crippen LogP contribution in [-0.4, -0.2) is 65.8 Å². The van der Waals surface area contributed by atoms with Crippen LogP contribution in [0.1, 0.15) is 42.4 Å². The van der Waals surface area contributed by atoms with Gasteiger partial charge in [0.05, 0.1) is 0 Å². The van der Waals surface area contributed by atoms with Gasteiger partial charge >= 0.3 is 0 Å².